The van der Waals surface area contributed by atoms with E-state index in [4.69, 9.17) is 21.1 Å². The fraction of sp³-hybridized carbons (Fsp3) is 0.294. The third-order valence-corrected chi connectivity index (χ3v) is 3.61. The zero-order valence-corrected chi connectivity index (χ0v) is 13.2. The SMILES string of the molecule is COc1cccc(C[NH2+]CCc2cccc(Cl)c2)c1OC. The number of hydrogen-bond acceptors (Lipinski definition) is 2. The standard InChI is InChI=1S/C17H20ClNO2/c1-20-16-8-4-6-14(17(16)21-2)12-19-10-9-13-5-3-7-15(18)11-13/h3-8,11,19H,9-10,12H2,1-2H3/p+1. The number of quaternary nitrogens is 1. The summed E-state index contributed by atoms with van der Waals surface area (Å²) in [6, 6.07) is 14.0. The molecule has 2 N–H and O–H groups in total. The number of methoxy groups -OCH3 is 2. The maximum Gasteiger partial charge on any atom is 0.169 e. The van der Waals surface area contributed by atoms with Crippen molar-refractivity contribution < 1.29 is 14.8 Å². The molecule has 0 aliphatic heterocycles. The maximum atomic E-state index is 5.99. The summed E-state index contributed by atoms with van der Waals surface area (Å²) in [6.07, 6.45) is 0.993. The van der Waals surface area contributed by atoms with Gasteiger partial charge < -0.3 is 14.8 Å². The summed E-state index contributed by atoms with van der Waals surface area (Å²) in [5.74, 6) is 1.59. The van der Waals surface area contributed by atoms with Crippen molar-refractivity contribution in [1.82, 2.24) is 0 Å². The average molecular weight is 307 g/mol. The van der Waals surface area contributed by atoms with Gasteiger partial charge in [0.15, 0.2) is 11.5 Å². The monoisotopic (exact) mass is 306 g/mol. The zero-order valence-electron chi connectivity index (χ0n) is 12.4. The van der Waals surface area contributed by atoms with Crippen LogP contribution >= 0.6 is 11.6 Å². The molecule has 0 fully saturated rings. The molecule has 0 aliphatic rings. The topological polar surface area (TPSA) is 35.1 Å². The molecule has 0 saturated heterocycles. The van der Waals surface area contributed by atoms with E-state index in [1.54, 1.807) is 14.2 Å². The van der Waals surface area contributed by atoms with Gasteiger partial charge in [0.1, 0.15) is 6.54 Å². The first-order chi connectivity index (χ1) is 10.2. The Labute approximate surface area is 130 Å². The summed E-state index contributed by atoms with van der Waals surface area (Å²) in [6.45, 7) is 1.86. The number of nitrogens with two attached hydrogens (primary N) is 1. The second kappa shape index (κ2) is 7.91. The highest BCUT2D eigenvalue weighted by Gasteiger charge is 2.10. The summed E-state index contributed by atoms with van der Waals surface area (Å²) in [4.78, 5) is 0. The molecule has 0 saturated carbocycles. The molecule has 0 radical (unpaired) electrons. The lowest BCUT2D eigenvalue weighted by atomic mass is 10.1. The van der Waals surface area contributed by atoms with Gasteiger partial charge in [-0.3, -0.25) is 0 Å². The lowest BCUT2D eigenvalue weighted by Crippen LogP contribution is -2.83. The Morgan fingerprint density at radius 2 is 1.86 bits per heavy atom. The highest BCUT2D eigenvalue weighted by atomic mass is 35.5. The van der Waals surface area contributed by atoms with Crippen molar-refractivity contribution in [3.63, 3.8) is 0 Å². The molecule has 2 rings (SSSR count). The lowest BCUT2D eigenvalue weighted by molar-refractivity contribution is -0.670. The fourth-order valence-corrected chi connectivity index (χ4v) is 2.55. The summed E-state index contributed by atoms with van der Waals surface area (Å²) >= 11 is 5.99. The molecule has 0 heterocycles. The van der Waals surface area contributed by atoms with E-state index in [9.17, 15) is 0 Å². The van der Waals surface area contributed by atoms with E-state index in [2.05, 4.69) is 17.4 Å². The van der Waals surface area contributed by atoms with E-state index in [0.717, 1.165) is 41.6 Å². The summed E-state index contributed by atoms with van der Waals surface area (Å²) in [7, 11) is 3.33. The van der Waals surface area contributed by atoms with Crippen molar-refractivity contribution in [3.8, 4) is 11.5 Å². The third kappa shape index (κ3) is 4.38. The van der Waals surface area contributed by atoms with Crippen LogP contribution in [-0.2, 0) is 13.0 Å². The molecule has 0 spiro atoms. The summed E-state index contributed by atoms with van der Waals surface area (Å²) in [5, 5.41) is 3.06. The number of ether oxygens (including phenoxy) is 2. The molecule has 3 nitrogen and oxygen atoms in total. The van der Waals surface area contributed by atoms with Crippen molar-refractivity contribution in [2.24, 2.45) is 0 Å². The molecule has 0 aromatic heterocycles. The maximum absolute atomic E-state index is 5.99. The van der Waals surface area contributed by atoms with Crippen molar-refractivity contribution in [2.45, 2.75) is 13.0 Å². The number of halogens is 1. The Bertz CT molecular complexity index is 587. The van der Waals surface area contributed by atoms with Gasteiger partial charge in [0.25, 0.3) is 0 Å². The van der Waals surface area contributed by atoms with Gasteiger partial charge in [-0.1, -0.05) is 29.8 Å². The second-order valence-electron chi connectivity index (χ2n) is 4.81. The third-order valence-electron chi connectivity index (χ3n) is 3.37. The van der Waals surface area contributed by atoms with Gasteiger partial charge in [0.2, 0.25) is 0 Å². The van der Waals surface area contributed by atoms with E-state index >= 15 is 0 Å². The normalized spacial score (nSPS) is 10.4. The van der Waals surface area contributed by atoms with E-state index in [-0.39, 0.29) is 0 Å². The number of rotatable bonds is 7. The largest absolute Gasteiger partial charge is 0.493 e. The van der Waals surface area contributed by atoms with Gasteiger partial charge in [0, 0.05) is 11.4 Å². The van der Waals surface area contributed by atoms with Gasteiger partial charge in [-0.05, 0) is 29.8 Å². The van der Waals surface area contributed by atoms with Crippen LogP contribution in [0.25, 0.3) is 0 Å². The van der Waals surface area contributed by atoms with E-state index in [1.807, 2.05) is 30.3 Å². The quantitative estimate of drug-likeness (QED) is 0.798. The second-order valence-corrected chi connectivity index (χ2v) is 5.25. The molecular formula is C17H21ClNO2+. The van der Waals surface area contributed by atoms with Crippen LogP contribution in [0.5, 0.6) is 11.5 Å². The van der Waals surface area contributed by atoms with E-state index in [1.165, 1.54) is 5.56 Å². The smallest absolute Gasteiger partial charge is 0.169 e. The first-order valence-corrected chi connectivity index (χ1v) is 7.38. The molecule has 0 bridgehead atoms. The molecule has 0 unspecified atom stereocenters. The molecular weight excluding hydrogens is 286 g/mol. The van der Waals surface area contributed by atoms with Crippen LogP contribution in [0.4, 0.5) is 0 Å². The van der Waals surface area contributed by atoms with Crippen molar-refractivity contribution >= 4 is 11.6 Å². The Balaban J connectivity index is 1.89. The molecule has 2 aromatic rings. The Hall–Kier alpha value is -1.71. The molecule has 2 aromatic carbocycles. The van der Waals surface area contributed by atoms with Gasteiger partial charge in [0.05, 0.1) is 26.3 Å². The molecule has 0 atom stereocenters. The van der Waals surface area contributed by atoms with Crippen LogP contribution in [0.3, 0.4) is 0 Å². The molecule has 0 amide bonds. The van der Waals surface area contributed by atoms with Crippen LogP contribution in [0, 0.1) is 0 Å². The van der Waals surface area contributed by atoms with Crippen LogP contribution in [-0.4, -0.2) is 20.8 Å². The minimum atomic E-state index is 0.776. The van der Waals surface area contributed by atoms with Crippen molar-refractivity contribution in [2.75, 3.05) is 20.8 Å². The number of benzene rings is 2. The Morgan fingerprint density at radius 1 is 1.05 bits per heavy atom. The van der Waals surface area contributed by atoms with Gasteiger partial charge in [-0.2, -0.15) is 0 Å². The van der Waals surface area contributed by atoms with Crippen molar-refractivity contribution in [1.29, 1.82) is 0 Å². The predicted molar refractivity (Wildman–Crippen MR) is 85.2 cm³/mol. The highest BCUT2D eigenvalue weighted by Crippen LogP contribution is 2.29. The molecule has 21 heavy (non-hydrogen) atoms. The number of para-hydroxylation sites is 1. The van der Waals surface area contributed by atoms with Gasteiger partial charge >= 0.3 is 0 Å². The first kappa shape index (κ1) is 15.7. The fourth-order valence-electron chi connectivity index (χ4n) is 2.33. The van der Waals surface area contributed by atoms with Crippen LogP contribution in [0.1, 0.15) is 11.1 Å². The lowest BCUT2D eigenvalue weighted by Gasteiger charge is -2.11. The van der Waals surface area contributed by atoms with Crippen LogP contribution < -0.4 is 14.8 Å². The Morgan fingerprint density at radius 3 is 2.57 bits per heavy atom. The molecule has 112 valence electrons. The van der Waals surface area contributed by atoms with E-state index < -0.39 is 0 Å². The van der Waals surface area contributed by atoms with Crippen molar-refractivity contribution in [3.05, 3.63) is 58.6 Å². The Kier molecular flexibility index (Phi) is 5.90. The zero-order chi connectivity index (χ0) is 15.1. The predicted octanol–water partition coefficient (Wildman–Crippen LogP) is 2.66. The minimum absolute atomic E-state index is 0.776. The molecule has 4 heteroatoms. The first-order valence-electron chi connectivity index (χ1n) is 7.00. The molecule has 0 aliphatic carbocycles. The van der Waals surface area contributed by atoms with Crippen LogP contribution in [0.15, 0.2) is 42.5 Å². The summed E-state index contributed by atoms with van der Waals surface area (Å²) in [5.41, 5.74) is 2.40. The van der Waals surface area contributed by atoms with Gasteiger partial charge in [-0.15, -0.1) is 0 Å². The minimum Gasteiger partial charge on any atom is -0.493 e. The average Bonchev–Trinajstić information content (AvgIpc) is 2.51. The summed E-state index contributed by atoms with van der Waals surface area (Å²) < 4.78 is 10.7. The highest BCUT2D eigenvalue weighted by molar-refractivity contribution is 6.30. The van der Waals surface area contributed by atoms with E-state index in [0.29, 0.717) is 0 Å². The van der Waals surface area contributed by atoms with Gasteiger partial charge in [-0.25, -0.2) is 0 Å². The number of hydrogen-bond donors (Lipinski definition) is 1. The van der Waals surface area contributed by atoms with Crippen LogP contribution in [0.2, 0.25) is 5.02 Å².